The van der Waals surface area contributed by atoms with Gasteiger partial charge in [0, 0.05) is 15.7 Å². The largest absolute Gasteiger partial charge is 0.479 e. The summed E-state index contributed by atoms with van der Waals surface area (Å²) >= 11 is 2.27. The molecule has 0 aliphatic carbocycles. The predicted octanol–water partition coefficient (Wildman–Crippen LogP) is 3.42. The lowest BCUT2D eigenvalue weighted by Crippen LogP contribution is -2.47. The van der Waals surface area contributed by atoms with E-state index in [1.54, 1.807) is 30.3 Å². The molecule has 136 valence electrons. The van der Waals surface area contributed by atoms with E-state index in [-0.39, 0.29) is 5.92 Å². The monoisotopic (exact) mass is 463 g/mol. The Bertz CT molecular complexity index is 817. The number of fused-ring (bicyclic) bond motifs is 3. The molecule has 0 saturated carbocycles. The maximum Gasteiger partial charge on any atom is 0.345 e. The van der Waals surface area contributed by atoms with E-state index in [1.165, 1.54) is 0 Å². The van der Waals surface area contributed by atoms with E-state index in [2.05, 4.69) is 33.6 Å². The van der Waals surface area contributed by atoms with Crippen molar-refractivity contribution in [1.82, 2.24) is 4.90 Å². The third-order valence-corrected chi connectivity index (χ3v) is 6.63. The zero-order valence-corrected chi connectivity index (χ0v) is 16.6. The molecule has 2 N–H and O–H groups in total. The van der Waals surface area contributed by atoms with E-state index in [1.807, 2.05) is 12.1 Å². The Balaban J connectivity index is 1.87. The summed E-state index contributed by atoms with van der Waals surface area (Å²) in [5.74, 6) is -0.394. The standard InChI is InChI=1S/C21H22INO3/c22-16-6-7-19(21(26,20(24)25)15-4-2-1-3-5-15)17(12-16)18-13-23-10-8-14(18)9-11-23/h1-7,12,14,18,26H,8-11,13H2,(H,24,25). The highest BCUT2D eigenvalue weighted by Crippen LogP contribution is 2.44. The van der Waals surface area contributed by atoms with Gasteiger partial charge in [0.2, 0.25) is 5.60 Å². The van der Waals surface area contributed by atoms with E-state index in [4.69, 9.17) is 0 Å². The second-order valence-corrected chi connectivity index (χ2v) is 8.60. The zero-order valence-electron chi connectivity index (χ0n) is 14.4. The molecule has 3 fully saturated rings. The average Bonchev–Trinajstić information content (AvgIpc) is 2.68. The Morgan fingerprint density at radius 1 is 1.12 bits per heavy atom. The fourth-order valence-corrected chi connectivity index (χ4v) is 5.08. The first-order chi connectivity index (χ1) is 12.5. The molecule has 26 heavy (non-hydrogen) atoms. The minimum absolute atomic E-state index is 0.275. The van der Waals surface area contributed by atoms with Crippen molar-refractivity contribution in [1.29, 1.82) is 0 Å². The van der Waals surface area contributed by atoms with Gasteiger partial charge in [-0.25, -0.2) is 4.79 Å². The number of hydrogen-bond acceptors (Lipinski definition) is 3. The van der Waals surface area contributed by atoms with Crippen molar-refractivity contribution in [2.75, 3.05) is 19.6 Å². The third kappa shape index (κ3) is 2.96. The van der Waals surface area contributed by atoms with Gasteiger partial charge in [0.25, 0.3) is 0 Å². The van der Waals surface area contributed by atoms with Gasteiger partial charge in [0.05, 0.1) is 0 Å². The fourth-order valence-electron chi connectivity index (χ4n) is 4.56. The lowest BCUT2D eigenvalue weighted by atomic mass is 9.71. The van der Waals surface area contributed by atoms with Crippen LogP contribution in [0.3, 0.4) is 0 Å². The highest BCUT2D eigenvalue weighted by atomic mass is 127. The van der Waals surface area contributed by atoms with Crippen LogP contribution in [0, 0.1) is 9.49 Å². The number of nitrogens with zero attached hydrogens (tertiary/aromatic N) is 1. The normalized spacial score (nSPS) is 27.1. The number of carboxylic acid groups (broad SMARTS) is 1. The number of halogens is 1. The summed E-state index contributed by atoms with van der Waals surface area (Å²) in [5.41, 5.74) is -0.140. The summed E-state index contributed by atoms with van der Waals surface area (Å²) in [5, 5.41) is 21.4. The Morgan fingerprint density at radius 3 is 2.38 bits per heavy atom. The topological polar surface area (TPSA) is 60.8 Å². The number of hydrogen-bond donors (Lipinski definition) is 2. The van der Waals surface area contributed by atoms with Crippen LogP contribution >= 0.6 is 22.6 Å². The molecule has 5 rings (SSSR count). The van der Waals surface area contributed by atoms with Gasteiger partial charge < -0.3 is 15.1 Å². The molecular weight excluding hydrogens is 441 g/mol. The Kier molecular flexibility index (Phi) is 4.79. The second kappa shape index (κ2) is 6.94. The molecule has 0 spiro atoms. The molecule has 3 saturated heterocycles. The van der Waals surface area contributed by atoms with Crippen molar-refractivity contribution in [3.63, 3.8) is 0 Å². The maximum absolute atomic E-state index is 12.2. The summed E-state index contributed by atoms with van der Waals surface area (Å²) in [4.78, 5) is 14.7. The highest BCUT2D eigenvalue weighted by Gasteiger charge is 2.45. The molecule has 2 atom stereocenters. The number of carboxylic acids is 1. The van der Waals surface area contributed by atoms with Crippen LogP contribution in [0.25, 0.3) is 0 Å². The molecule has 2 aromatic carbocycles. The van der Waals surface area contributed by atoms with Crippen LogP contribution in [0.5, 0.6) is 0 Å². The number of piperidine rings is 3. The highest BCUT2D eigenvalue weighted by molar-refractivity contribution is 14.1. The zero-order chi connectivity index (χ0) is 18.3. The van der Waals surface area contributed by atoms with Gasteiger partial charge in [-0.05, 0) is 83.6 Å². The van der Waals surface area contributed by atoms with Crippen LogP contribution in [0.4, 0.5) is 0 Å². The Hall–Kier alpha value is -1.44. The van der Waals surface area contributed by atoms with Crippen molar-refractivity contribution >= 4 is 28.6 Å². The summed E-state index contributed by atoms with van der Waals surface area (Å²) in [6, 6.07) is 14.5. The summed E-state index contributed by atoms with van der Waals surface area (Å²) in [7, 11) is 0. The first kappa shape index (κ1) is 17.9. The smallest absolute Gasteiger partial charge is 0.345 e. The molecule has 0 radical (unpaired) electrons. The van der Waals surface area contributed by atoms with Gasteiger partial charge in [-0.3, -0.25) is 0 Å². The Labute approximate surface area is 167 Å². The predicted molar refractivity (Wildman–Crippen MR) is 108 cm³/mol. The lowest BCUT2D eigenvalue weighted by molar-refractivity contribution is -0.155. The molecule has 3 aliphatic rings. The molecule has 2 aromatic rings. The molecule has 3 aliphatic heterocycles. The SMILES string of the molecule is O=C(O)C(O)(c1ccccc1)c1ccc(I)cc1C1CN2CCC1CC2. The van der Waals surface area contributed by atoms with Crippen LogP contribution in [-0.2, 0) is 10.4 Å². The summed E-state index contributed by atoms with van der Waals surface area (Å²) in [6.07, 6.45) is 2.29. The minimum Gasteiger partial charge on any atom is -0.479 e. The minimum atomic E-state index is -2.03. The molecule has 5 heteroatoms. The van der Waals surface area contributed by atoms with Crippen LogP contribution < -0.4 is 0 Å². The first-order valence-electron chi connectivity index (χ1n) is 9.03. The number of rotatable bonds is 4. The molecule has 3 heterocycles. The van der Waals surface area contributed by atoms with Gasteiger partial charge in [-0.1, -0.05) is 36.4 Å². The second-order valence-electron chi connectivity index (χ2n) is 7.36. The number of aliphatic carboxylic acids is 1. The molecule has 2 bridgehead atoms. The lowest BCUT2D eigenvalue weighted by Gasteiger charge is -2.46. The van der Waals surface area contributed by atoms with Crippen molar-refractivity contribution in [3.05, 3.63) is 68.8 Å². The van der Waals surface area contributed by atoms with Crippen molar-refractivity contribution in [2.45, 2.75) is 24.4 Å². The van der Waals surface area contributed by atoms with E-state index in [9.17, 15) is 15.0 Å². The molecule has 4 nitrogen and oxygen atoms in total. The van der Waals surface area contributed by atoms with E-state index >= 15 is 0 Å². The molecule has 2 unspecified atom stereocenters. The molecule has 0 amide bonds. The van der Waals surface area contributed by atoms with Gasteiger partial charge in [-0.15, -0.1) is 0 Å². The van der Waals surface area contributed by atoms with Crippen LogP contribution in [0.2, 0.25) is 0 Å². The van der Waals surface area contributed by atoms with E-state index in [0.29, 0.717) is 17.0 Å². The van der Waals surface area contributed by atoms with Gasteiger partial charge >= 0.3 is 5.97 Å². The first-order valence-corrected chi connectivity index (χ1v) is 10.1. The van der Waals surface area contributed by atoms with Crippen molar-refractivity contribution < 1.29 is 15.0 Å². The van der Waals surface area contributed by atoms with Crippen molar-refractivity contribution in [3.8, 4) is 0 Å². The van der Waals surface area contributed by atoms with Crippen LogP contribution in [-0.4, -0.2) is 40.7 Å². The molecule has 0 aromatic heterocycles. The fraction of sp³-hybridized carbons (Fsp3) is 0.381. The van der Waals surface area contributed by atoms with Gasteiger partial charge in [-0.2, -0.15) is 0 Å². The number of aliphatic hydroxyl groups is 1. The average molecular weight is 463 g/mol. The molecular formula is C21H22INO3. The summed E-state index contributed by atoms with van der Waals surface area (Å²) < 4.78 is 1.07. The van der Waals surface area contributed by atoms with E-state index < -0.39 is 11.6 Å². The van der Waals surface area contributed by atoms with Gasteiger partial charge in [0.1, 0.15) is 0 Å². The quantitative estimate of drug-likeness (QED) is 0.683. The maximum atomic E-state index is 12.2. The van der Waals surface area contributed by atoms with Crippen LogP contribution in [0.1, 0.15) is 35.4 Å². The number of carbonyl (C=O) groups is 1. The van der Waals surface area contributed by atoms with Crippen molar-refractivity contribution in [2.24, 2.45) is 5.92 Å². The summed E-state index contributed by atoms with van der Waals surface area (Å²) in [6.45, 7) is 3.20. The third-order valence-electron chi connectivity index (χ3n) is 5.96. The number of benzene rings is 2. The van der Waals surface area contributed by atoms with E-state index in [0.717, 1.165) is 41.6 Å². The van der Waals surface area contributed by atoms with Gasteiger partial charge in [0.15, 0.2) is 0 Å². The van der Waals surface area contributed by atoms with Crippen LogP contribution in [0.15, 0.2) is 48.5 Å². The Morgan fingerprint density at radius 2 is 1.81 bits per heavy atom.